The Kier molecular flexibility index (Phi) is 5.91. The van der Waals surface area contributed by atoms with E-state index >= 15 is 0 Å². The van der Waals surface area contributed by atoms with E-state index in [0.717, 1.165) is 22.6 Å². The van der Waals surface area contributed by atoms with Gasteiger partial charge in [0.25, 0.3) is 5.91 Å². The van der Waals surface area contributed by atoms with Gasteiger partial charge in [0.1, 0.15) is 16.6 Å². The van der Waals surface area contributed by atoms with Gasteiger partial charge < -0.3 is 9.84 Å². The number of thioether (sulfide) groups is 1. The highest BCUT2D eigenvalue weighted by molar-refractivity contribution is 7.98. The van der Waals surface area contributed by atoms with Gasteiger partial charge in [0.2, 0.25) is 0 Å². The van der Waals surface area contributed by atoms with Crippen LogP contribution in [0.15, 0.2) is 52.1 Å². The van der Waals surface area contributed by atoms with Crippen molar-refractivity contribution >= 4 is 17.7 Å². The van der Waals surface area contributed by atoms with Crippen molar-refractivity contribution in [1.82, 2.24) is 15.5 Å². The monoisotopic (exact) mass is 385 g/mol. The molecule has 140 valence electrons. The van der Waals surface area contributed by atoms with Crippen molar-refractivity contribution < 1.29 is 13.7 Å². The number of hydrogen-bond donors (Lipinski definition) is 1. The first-order valence-electron chi connectivity index (χ1n) is 8.51. The van der Waals surface area contributed by atoms with Crippen LogP contribution >= 0.6 is 11.8 Å². The Morgan fingerprint density at radius 2 is 2.00 bits per heavy atom. The number of hydrogen-bond acceptors (Lipinski definition) is 5. The number of halogens is 1. The molecule has 7 heteroatoms. The maximum Gasteiger partial charge on any atom is 0.254 e. The molecule has 3 aromatic rings. The number of rotatable bonds is 6. The first-order chi connectivity index (χ1) is 13.0. The number of benzene rings is 1. The van der Waals surface area contributed by atoms with Crippen LogP contribution in [0.1, 0.15) is 45.9 Å². The van der Waals surface area contributed by atoms with Crippen molar-refractivity contribution in [3.05, 3.63) is 76.6 Å². The Hall–Kier alpha value is -2.67. The molecule has 0 aliphatic heterocycles. The Balaban J connectivity index is 1.72. The molecule has 3 rings (SSSR count). The molecule has 1 aromatic carbocycles. The molecule has 5 nitrogen and oxygen atoms in total. The molecule has 2 heterocycles. The zero-order chi connectivity index (χ0) is 19.4. The number of amides is 1. The summed E-state index contributed by atoms with van der Waals surface area (Å²) in [5.74, 6) is 0.863. The molecular weight excluding hydrogens is 365 g/mol. The van der Waals surface area contributed by atoms with Crippen LogP contribution in [0, 0.1) is 19.7 Å². The van der Waals surface area contributed by atoms with Crippen molar-refractivity contribution in [2.75, 3.05) is 0 Å². The van der Waals surface area contributed by atoms with Gasteiger partial charge >= 0.3 is 0 Å². The summed E-state index contributed by atoms with van der Waals surface area (Å²) in [6, 6.07) is 9.32. The molecule has 0 saturated carbocycles. The lowest BCUT2D eigenvalue weighted by Gasteiger charge is -2.15. The largest absolute Gasteiger partial charge is 0.361 e. The van der Waals surface area contributed by atoms with Gasteiger partial charge in [-0.3, -0.25) is 4.79 Å². The third-order valence-corrected chi connectivity index (χ3v) is 5.30. The van der Waals surface area contributed by atoms with Crippen molar-refractivity contribution in [2.45, 2.75) is 37.6 Å². The van der Waals surface area contributed by atoms with Gasteiger partial charge in [-0.25, -0.2) is 9.37 Å². The highest BCUT2D eigenvalue weighted by Crippen LogP contribution is 2.27. The summed E-state index contributed by atoms with van der Waals surface area (Å²) in [5.41, 5.74) is 3.19. The predicted octanol–water partition coefficient (Wildman–Crippen LogP) is 4.61. The van der Waals surface area contributed by atoms with Crippen LogP contribution in [0.2, 0.25) is 0 Å². The number of aryl methyl sites for hydroxylation is 2. The zero-order valence-electron chi connectivity index (χ0n) is 15.3. The number of carbonyl (C=O) groups is 1. The van der Waals surface area contributed by atoms with Gasteiger partial charge in [0, 0.05) is 17.5 Å². The quantitative estimate of drug-likeness (QED) is 0.628. The van der Waals surface area contributed by atoms with E-state index in [1.807, 2.05) is 20.8 Å². The average Bonchev–Trinajstić information content (AvgIpc) is 2.98. The van der Waals surface area contributed by atoms with E-state index in [1.165, 1.54) is 23.9 Å². The molecule has 27 heavy (non-hydrogen) atoms. The Labute approximate surface area is 161 Å². The lowest BCUT2D eigenvalue weighted by Crippen LogP contribution is -2.27. The highest BCUT2D eigenvalue weighted by atomic mass is 32.2. The summed E-state index contributed by atoms with van der Waals surface area (Å²) in [6.45, 7) is 5.62. The molecule has 0 aliphatic rings. The molecule has 0 aliphatic carbocycles. The molecule has 1 atom stereocenters. The lowest BCUT2D eigenvalue weighted by atomic mass is 10.1. The fourth-order valence-electron chi connectivity index (χ4n) is 2.64. The molecule has 0 spiro atoms. The first kappa shape index (κ1) is 19.1. The fraction of sp³-hybridized carbons (Fsp3) is 0.250. The van der Waals surface area contributed by atoms with Gasteiger partial charge in [-0.15, -0.1) is 11.8 Å². The van der Waals surface area contributed by atoms with Crippen molar-refractivity contribution in [2.24, 2.45) is 0 Å². The molecule has 2 aromatic heterocycles. The lowest BCUT2D eigenvalue weighted by molar-refractivity contribution is 0.0936. The first-order valence-corrected chi connectivity index (χ1v) is 9.50. The van der Waals surface area contributed by atoms with Gasteiger partial charge in [0.05, 0.1) is 17.3 Å². The summed E-state index contributed by atoms with van der Waals surface area (Å²) in [7, 11) is 0. The Bertz CT molecular complexity index is 921. The minimum atomic E-state index is -0.303. The maximum atomic E-state index is 13.1. The summed E-state index contributed by atoms with van der Waals surface area (Å²) >= 11 is 1.46. The van der Waals surface area contributed by atoms with E-state index < -0.39 is 0 Å². The van der Waals surface area contributed by atoms with E-state index in [0.29, 0.717) is 16.3 Å². The third-order valence-electron chi connectivity index (χ3n) is 4.27. The second kappa shape index (κ2) is 8.35. The van der Waals surface area contributed by atoms with Crippen molar-refractivity contribution in [3.63, 3.8) is 0 Å². The van der Waals surface area contributed by atoms with Gasteiger partial charge in [0.15, 0.2) is 0 Å². The van der Waals surface area contributed by atoms with Crippen molar-refractivity contribution in [1.29, 1.82) is 0 Å². The third kappa shape index (κ3) is 4.54. The number of nitrogens with one attached hydrogen (secondary N) is 1. The van der Waals surface area contributed by atoms with E-state index in [2.05, 4.69) is 15.5 Å². The molecule has 0 saturated heterocycles. The number of aromatic nitrogens is 2. The maximum absolute atomic E-state index is 13.1. The Morgan fingerprint density at radius 3 is 2.67 bits per heavy atom. The second-order valence-electron chi connectivity index (χ2n) is 6.19. The summed E-state index contributed by atoms with van der Waals surface area (Å²) < 4.78 is 18.3. The summed E-state index contributed by atoms with van der Waals surface area (Å²) in [5, 5.41) is 7.53. The molecule has 0 bridgehead atoms. The van der Waals surface area contributed by atoms with Crippen LogP contribution in [-0.2, 0) is 5.75 Å². The van der Waals surface area contributed by atoms with E-state index in [9.17, 15) is 9.18 Å². The minimum absolute atomic E-state index is 0.221. The summed E-state index contributed by atoms with van der Waals surface area (Å²) in [4.78, 5) is 17.1. The van der Waals surface area contributed by atoms with Gasteiger partial charge in [-0.2, -0.15) is 0 Å². The van der Waals surface area contributed by atoms with Crippen LogP contribution < -0.4 is 5.32 Å². The SMILES string of the molecule is Cc1noc(C)c1CSc1ncccc1C(=O)NC(C)c1ccc(F)cc1. The van der Waals surface area contributed by atoms with Crippen LogP contribution in [0.4, 0.5) is 4.39 Å². The van der Waals surface area contributed by atoms with Gasteiger partial charge in [-0.05, 0) is 50.6 Å². The fourth-order valence-corrected chi connectivity index (χ4v) is 3.78. The van der Waals surface area contributed by atoms with Gasteiger partial charge in [-0.1, -0.05) is 17.3 Å². The average molecular weight is 385 g/mol. The smallest absolute Gasteiger partial charge is 0.254 e. The van der Waals surface area contributed by atoms with E-state index in [1.54, 1.807) is 30.5 Å². The molecule has 0 fully saturated rings. The van der Waals surface area contributed by atoms with Crippen LogP contribution in [-0.4, -0.2) is 16.0 Å². The molecular formula is C20H20FN3O2S. The topological polar surface area (TPSA) is 68.0 Å². The zero-order valence-corrected chi connectivity index (χ0v) is 16.1. The number of carbonyl (C=O) groups excluding carboxylic acids is 1. The minimum Gasteiger partial charge on any atom is -0.361 e. The molecule has 0 radical (unpaired) electrons. The number of nitrogens with zero attached hydrogens (tertiary/aromatic N) is 2. The van der Waals surface area contributed by atoms with E-state index in [4.69, 9.17) is 4.52 Å². The standard InChI is InChI=1S/C20H20FN3O2S/c1-12(15-6-8-16(21)9-7-15)23-19(25)17-5-4-10-22-20(17)27-11-18-13(2)24-26-14(18)3/h4-10,12H,11H2,1-3H3,(H,23,25). The van der Waals surface area contributed by atoms with Crippen LogP contribution in [0.5, 0.6) is 0 Å². The summed E-state index contributed by atoms with van der Waals surface area (Å²) in [6.07, 6.45) is 1.66. The molecule has 1 N–H and O–H groups in total. The predicted molar refractivity (Wildman–Crippen MR) is 102 cm³/mol. The molecule has 1 amide bonds. The molecule has 1 unspecified atom stereocenters. The van der Waals surface area contributed by atoms with Crippen LogP contribution in [0.3, 0.4) is 0 Å². The highest BCUT2D eigenvalue weighted by Gasteiger charge is 2.17. The number of pyridine rings is 1. The van der Waals surface area contributed by atoms with E-state index in [-0.39, 0.29) is 17.8 Å². The Morgan fingerprint density at radius 1 is 1.26 bits per heavy atom. The van der Waals surface area contributed by atoms with Crippen molar-refractivity contribution in [3.8, 4) is 0 Å². The second-order valence-corrected chi connectivity index (χ2v) is 7.16. The normalized spacial score (nSPS) is 12.0. The van der Waals surface area contributed by atoms with Crippen LogP contribution in [0.25, 0.3) is 0 Å².